The fraction of sp³-hybridized carbons (Fsp3) is 0.500. The van der Waals surface area contributed by atoms with E-state index < -0.39 is 17.9 Å². The molecule has 0 saturated carbocycles. The molecule has 0 amide bonds. The van der Waals surface area contributed by atoms with E-state index in [9.17, 15) is 10.0 Å². The second-order valence-corrected chi connectivity index (χ2v) is 4.19. The Labute approximate surface area is 105 Å². The lowest BCUT2D eigenvalue weighted by atomic mass is 9.96. The molecule has 98 valence electrons. The Morgan fingerprint density at radius 2 is 2.22 bits per heavy atom. The van der Waals surface area contributed by atoms with Gasteiger partial charge in [-0.2, -0.15) is 0 Å². The van der Waals surface area contributed by atoms with Gasteiger partial charge in [-0.05, 0) is 17.3 Å². The van der Waals surface area contributed by atoms with Gasteiger partial charge >= 0.3 is 0 Å². The fourth-order valence-corrected chi connectivity index (χ4v) is 1.98. The van der Waals surface area contributed by atoms with Crippen molar-refractivity contribution in [1.82, 2.24) is 0 Å². The van der Waals surface area contributed by atoms with Gasteiger partial charge in [-0.25, -0.2) is 0 Å². The van der Waals surface area contributed by atoms with Gasteiger partial charge in [-0.1, -0.05) is 18.2 Å². The lowest BCUT2D eigenvalue weighted by molar-refractivity contribution is -0.183. The van der Waals surface area contributed by atoms with Crippen LogP contribution in [0.2, 0.25) is 0 Å². The molecule has 1 aliphatic rings. The molecular weight excluding hydrogens is 236 g/mol. The quantitative estimate of drug-likeness (QED) is 0.767. The molecular formula is C12H16N2O4. The number of benzene rings is 1. The molecule has 0 spiro atoms. The van der Waals surface area contributed by atoms with Gasteiger partial charge in [0.25, 0.3) is 0 Å². The molecule has 1 fully saturated rings. The van der Waals surface area contributed by atoms with Gasteiger partial charge in [0.1, 0.15) is 18.0 Å². The monoisotopic (exact) mass is 252 g/mol. The first-order valence-corrected chi connectivity index (χ1v) is 5.80. The van der Waals surface area contributed by atoms with Crippen LogP contribution in [0.15, 0.2) is 35.5 Å². The van der Waals surface area contributed by atoms with Crippen LogP contribution in [0.25, 0.3) is 0 Å². The summed E-state index contributed by atoms with van der Waals surface area (Å²) in [5.74, 6) is 0.625. The average Bonchev–Trinajstić information content (AvgIpc) is 2.43. The third kappa shape index (κ3) is 2.35. The molecule has 18 heavy (non-hydrogen) atoms. The third-order valence-corrected chi connectivity index (χ3v) is 3.05. The molecule has 1 heterocycles. The highest BCUT2D eigenvalue weighted by Gasteiger charge is 2.48. The highest BCUT2D eigenvalue weighted by molar-refractivity contribution is 5.21. The summed E-state index contributed by atoms with van der Waals surface area (Å²) >= 11 is 0. The molecule has 0 aromatic heterocycles. The molecule has 0 radical (unpaired) electrons. The smallest absolute Gasteiger partial charge is 0.242 e. The topological polar surface area (TPSA) is 94.1 Å². The van der Waals surface area contributed by atoms with Crippen LogP contribution >= 0.6 is 0 Å². The minimum Gasteiger partial charge on any atom is -0.487 e. The summed E-state index contributed by atoms with van der Waals surface area (Å²) in [7, 11) is 0. The predicted octanol–water partition coefficient (Wildman–Crippen LogP) is 0.637. The Bertz CT molecular complexity index is 400. The van der Waals surface area contributed by atoms with Crippen molar-refractivity contribution in [1.29, 1.82) is 0 Å². The Morgan fingerprint density at radius 1 is 1.50 bits per heavy atom. The maximum absolute atomic E-state index is 10.9. The Balaban J connectivity index is 2.12. The number of ether oxygens (including phenoxy) is 2. The van der Waals surface area contributed by atoms with Crippen LogP contribution in [0.4, 0.5) is 0 Å². The number of para-hydroxylation sites is 1. The molecule has 3 atom stereocenters. The van der Waals surface area contributed by atoms with Gasteiger partial charge < -0.3 is 20.3 Å². The van der Waals surface area contributed by atoms with Crippen LogP contribution in [0, 0.1) is 4.91 Å². The van der Waals surface area contributed by atoms with Crippen molar-refractivity contribution in [2.24, 2.45) is 10.9 Å². The number of hydrogen-bond acceptors (Lipinski definition) is 6. The SMILES string of the molecule is NC[C@@]1(N=O)OCC[C@H](Oc2ccccc2)C1O. The summed E-state index contributed by atoms with van der Waals surface area (Å²) in [4.78, 5) is 10.9. The Morgan fingerprint density at radius 3 is 2.83 bits per heavy atom. The van der Waals surface area contributed by atoms with Crippen molar-refractivity contribution >= 4 is 0 Å². The zero-order chi connectivity index (χ0) is 13.0. The lowest BCUT2D eigenvalue weighted by Gasteiger charge is -2.39. The number of hydrogen-bond donors (Lipinski definition) is 2. The molecule has 1 aromatic carbocycles. The molecule has 6 nitrogen and oxygen atoms in total. The van der Waals surface area contributed by atoms with Gasteiger partial charge in [-0.15, -0.1) is 4.91 Å². The number of nitrogens with zero attached hydrogens (tertiary/aromatic N) is 1. The van der Waals surface area contributed by atoms with Crippen molar-refractivity contribution in [3.8, 4) is 5.75 Å². The largest absolute Gasteiger partial charge is 0.487 e. The maximum atomic E-state index is 10.9. The number of rotatable bonds is 4. The average molecular weight is 252 g/mol. The number of aliphatic hydroxyl groups is 1. The zero-order valence-corrected chi connectivity index (χ0v) is 9.86. The summed E-state index contributed by atoms with van der Waals surface area (Å²) < 4.78 is 10.9. The molecule has 1 aromatic rings. The second kappa shape index (κ2) is 5.43. The molecule has 6 heteroatoms. The summed E-state index contributed by atoms with van der Waals surface area (Å²) in [5, 5.41) is 13.0. The van der Waals surface area contributed by atoms with E-state index in [4.69, 9.17) is 15.2 Å². The molecule has 3 N–H and O–H groups in total. The van der Waals surface area contributed by atoms with E-state index in [1.54, 1.807) is 12.1 Å². The van der Waals surface area contributed by atoms with Gasteiger partial charge in [0, 0.05) is 13.0 Å². The van der Waals surface area contributed by atoms with Crippen LogP contribution in [0.3, 0.4) is 0 Å². The van der Waals surface area contributed by atoms with Gasteiger partial charge in [-0.3, -0.25) is 0 Å². The highest BCUT2D eigenvalue weighted by atomic mass is 16.6. The molecule has 1 aliphatic heterocycles. The summed E-state index contributed by atoms with van der Waals surface area (Å²) in [6.07, 6.45) is -1.25. The minimum absolute atomic E-state index is 0.174. The van der Waals surface area contributed by atoms with Crippen molar-refractivity contribution < 1.29 is 14.6 Å². The molecule has 1 saturated heterocycles. The summed E-state index contributed by atoms with van der Waals surface area (Å²) in [6, 6.07) is 9.08. The number of aliphatic hydroxyl groups excluding tert-OH is 1. The van der Waals surface area contributed by atoms with Crippen LogP contribution < -0.4 is 10.5 Å². The molecule has 1 unspecified atom stereocenters. The first-order chi connectivity index (χ1) is 8.72. The first-order valence-electron chi connectivity index (χ1n) is 5.80. The first kappa shape index (κ1) is 12.9. The van der Waals surface area contributed by atoms with Crippen molar-refractivity contribution in [2.45, 2.75) is 24.4 Å². The van der Waals surface area contributed by atoms with E-state index in [-0.39, 0.29) is 13.2 Å². The normalized spacial score (nSPS) is 31.9. The zero-order valence-electron chi connectivity index (χ0n) is 9.86. The fourth-order valence-electron chi connectivity index (χ4n) is 1.98. The van der Waals surface area contributed by atoms with Crippen LogP contribution in [-0.4, -0.2) is 36.2 Å². The van der Waals surface area contributed by atoms with E-state index in [1.807, 2.05) is 18.2 Å². The highest BCUT2D eigenvalue weighted by Crippen LogP contribution is 2.29. The summed E-state index contributed by atoms with van der Waals surface area (Å²) in [6.45, 7) is 0.101. The minimum atomic E-state index is -1.60. The van der Waals surface area contributed by atoms with Gasteiger partial charge in [0.05, 0.1) is 6.61 Å². The Kier molecular flexibility index (Phi) is 3.90. The van der Waals surface area contributed by atoms with Crippen LogP contribution in [0.1, 0.15) is 6.42 Å². The Hall–Kier alpha value is -1.50. The van der Waals surface area contributed by atoms with E-state index in [0.717, 1.165) is 0 Å². The lowest BCUT2D eigenvalue weighted by Crippen LogP contribution is -2.59. The number of nitrogens with two attached hydrogens (primary N) is 1. The van der Waals surface area contributed by atoms with Gasteiger partial charge in [0.2, 0.25) is 5.72 Å². The molecule has 0 bridgehead atoms. The van der Waals surface area contributed by atoms with E-state index in [1.165, 1.54) is 0 Å². The maximum Gasteiger partial charge on any atom is 0.242 e. The second-order valence-electron chi connectivity index (χ2n) is 4.19. The van der Waals surface area contributed by atoms with Crippen molar-refractivity contribution in [3.63, 3.8) is 0 Å². The van der Waals surface area contributed by atoms with Crippen molar-refractivity contribution in [3.05, 3.63) is 35.2 Å². The predicted molar refractivity (Wildman–Crippen MR) is 65.0 cm³/mol. The standard InChI is InChI=1S/C12H16N2O4/c13-8-12(14-16)11(15)10(6-7-17-12)18-9-4-2-1-3-5-9/h1-5,10-11,15H,6-8,13H2/t10-,11?,12+/m0/s1. The third-order valence-electron chi connectivity index (χ3n) is 3.05. The van der Waals surface area contributed by atoms with Gasteiger partial charge in [0.15, 0.2) is 0 Å². The van der Waals surface area contributed by atoms with E-state index in [0.29, 0.717) is 12.2 Å². The molecule has 0 aliphatic carbocycles. The summed E-state index contributed by atoms with van der Waals surface area (Å²) in [5.41, 5.74) is 3.86. The molecule has 2 rings (SSSR count). The number of nitroso groups, excluding NO2 is 1. The van der Waals surface area contributed by atoms with Crippen molar-refractivity contribution in [2.75, 3.05) is 13.2 Å². The van der Waals surface area contributed by atoms with Crippen LogP contribution in [-0.2, 0) is 4.74 Å². The van der Waals surface area contributed by atoms with Crippen LogP contribution in [0.5, 0.6) is 5.75 Å². The van der Waals surface area contributed by atoms with E-state index >= 15 is 0 Å². The van der Waals surface area contributed by atoms with E-state index in [2.05, 4.69) is 5.18 Å².